The topological polar surface area (TPSA) is 62.1 Å². The van der Waals surface area contributed by atoms with Crippen molar-refractivity contribution in [3.8, 4) is 0 Å². The molecule has 25 heavy (non-hydrogen) atoms. The number of aliphatic hydroxyl groups is 2. The number of nitrogens with zero attached hydrogens (tertiary/aromatic N) is 1. The molecule has 2 N–H and O–H groups in total. The van der Waals surface area contributed by atoms with E-state index in [0.717, 1.165) is 6.42 Å². The van der Waals surface area contributed by atoms with Gasteiger partial charge in [0.1, 0.15) is 0 Å². The zero-order valence-electron chi connectivity index (χ0n) is 16.4. The molecule has 0 fully saturated rings. The summed E-state index contributed by atoms with van der Waals surface area (Å²) >= 11 is 0. The van der Waals surface area contributed by atoms with E-state index in [4.69, 9.17) is 4.74 Å². The average Bonchev–Trinajstić information content (AvgIpc) is 2.83. The Morgan fingerprint density at radius 2 is 1.40 bits per heavy atom. The Bertz CT molecular complexity index is 391. The Morgan fingerprint density at radius 3 is 1.88 bits per heavy atom. The molecular weight excluding hydrogens is 314 g/mol. The summed E-state index contributed by atoms with van der Waals surface area (Å²) in [5.41, 5.74) is 0. The third-order valence-electron chi connectivity index (χ3n) is 4.83. The molecule has 1 aliphatic rings. The highest BCUT2D eigenvalue weighted by Crippen LogP contribution is 2.21. The molecule has 4 heteroatoms. The number of allylic oxidation sites excluding steroid dienone is 1. The predicted octanol–water partition coefficient (Wildman–Crippen LogP) is 5.48. The molecule has 0 bridgehead atoms. The number of hydrogen-bond donors (Lipinski definition) is 2. The summed E-state index contributed by atoms with van der Waals surface area (Å²) in [4.78, 5) is 3.76. The standard InChI is InChI=1S/C21H39NO3/c1-3-4-5-6-7-8-9-10-11-12-13-14-15-16-17-18-20-22-21(23,24)19(2)25-20/h16-17,19,23-24H,3-15,18H2,1-2H3. The number of ether oxygens (including phenoxy) is 1. The molecule has 0 amide bonds. The van der Waals surface area contributed by atoms with Gasteiger partial charge in [-0.3, -0.25) is 0 Å². The van der Waals surface area contributed by atoms with Crippen LogP contribution < -0.4 is 0 Å². The van der Waals surface area contributed by atoms with Crippen LogP contribution in [0.25, 0.3) is 0 Å². The summed E-state index contributed by atoms with van der Waals surface area (Å²) in [7, 11) is 0. The molecule has 146 valence electrons. The maximum absolute atomic E-state index is 9.48. The van der Waals surface area contributed by atoms with Crippen molar-refractivity contribution in [2.45, 2.75) is 116 Å². The van der Waals surface area contributed by atoms with Gasteiger partial charge in [0.15, 0.2) is 12.0 Å². The van der Waals surface area contributed by atoms with E-state index in [1.165, 1.54) is 77.0 Å². The molecule has 0 aromatic rings. The maximum atomic E-state index is 9.48. The average molecular weight is 354 g/mol. The lowest BCUT2D eigenvalue weighted by molar-refractivity contribution is -0.191. The Hall–Kier alpha value is -0.870. The first kappa shape index (κ1) is 22.2. The molecular formula is C21H39NO3. The summed E-state index contributed by atoms with van der Waals surface area (Å²) in [6.45, 7) is 3.87. The minimum absolute atomic E-state index is 0.406. The smallest absolute Gasteiger partial charge is 0.306 e. The fourth-order valence-electron chi connectivity index (χ4n) is 3.08. The lowest BCUT2D eigenvalue weighted by Crippen LogP contribution is -2.34. The molecule has 0 aromatic carbocycles. The Morgan fingerprint density at radius 1 is 0.880 bits per heavy atom. The van der Waals surface area contributed by atoms with Crippen LogP contribution in [-0.4, -0.2) is 28.1 Å². The van der Waals surface area contributed by atoms with Crippen LogP contribution in [0.15, 0.2) is 17.1 Å². The highest BCUT2D eigenvalue weighted by atomic mass is 16.6. The van der Waals surface area contributed by atoms with E-state index < -0.39 is 12.0 Å². The first-order valence-electron chi connectivity index (χ1n) is 10.4. The Kier molecular flexibility index (Phi) is 11.8. The van der Waals surface area contributed by atoms with Crippen LogP contribution >= 0.6 is 0 Å². The van der Waals surface area contributed by atoms with Gasteiger partial charge < -0.3 is 14.9 Å². The van der Waals surface area contributed by atoms with Crippen molar-refractivity contribution in [3.63, 3.8) is 0 Å². The first-order chi connectivity index (χ1) is 12.1. The zero-order valence-corrected chi connectivity index (χ0v) is 16.4. The number of unbranched alkanes of at least 4 members (excludes halogenated alkanes) is 12. The SMILES string of the molecule is CCCCCCCCCCCCCCC=CCC1=NC(O)(O)C(C)O1. The third kappa shape index (κ3) is 10.7. The van der Waals surface area contributed by atoms with Crippen LogP contribution in [0.1, 0.15) is 104 Å². The van der Waals surface area contributed by atoms with Gasteiger partial charge in [-0.1, -0.05) is 89.7 Å². The van der Waals surface area contributed by atoms with Crippen molar-refractivity contribution in [1.82, 2.24) is 0 Å². The molecule has 0 saturated heterocycles. The maximum Gasteiger partial charge on any atom is 0.306 e. The second-order valence-electron chi connectivity index (χ2n) is 7.31. The van der Waals surface area contributed by atoms with E-state index in [9.17, 15) is 10.2 Å². The van der Waals surface area contributed by atoms with Gasteiger partial charge in [0.05, 0.1) is 0 Å². The van der Waals surface area contributed by atoms with Crippen LogP contribution in [0, 0.1) is 0 Å². The van der Waals surface area contributed by atoms with Crippen LogP contribution in [0.3, 0.4) is 0 Å². The second-order valence-corrected chi connectivity index (χ2v) is 7.31. The summed E-state index contributed by atoms with van der Waals surface area (Å²) < 4.78 is 5.29. The van der Waals surface area contributed by atoms with E-state index in [2.05, 4.69) is 18.0 Å². The van der Waals surface area contributed by atoms with Crippen LogP contribution in [0.2, 0.25) is 0 Å². The van der Waals surface area contributed by atoms with Gasteiger partial charge >= 0.3 is 5.91 Å². The molecule has 1 aliphatic heterocycles. The van der Waals surface area contributed by atoms with Gasteiger partial charge in [0, 0.05) is 6.42 Å². The summed E-state index contributed by atoms with van der Waals surface area (Å²) in [6.07, 6.45) is 21.5. The van der Waals surface area contributed by atoms with Crippen molar-refractivity contribution >= 4 is 5.90 Å². The minimum atomic E-state index is -2.06. The minimum Gasteiger partial charge on any atom is -0.470 e. The first-order valence-corrected chi connectivity index (χ1v) is 10.4. The molecule has 1 unspecified atom stereocenters. The number of aliphatic imine (C=N–C) groups is 1. The predicted molar refractivity (Wildman–Crippen MR) is 105 cm³/mol. The monoisotopic (exact) mass is 353 g/mol. The van der Waals surface area contributed by atoms with Crippen molar-refractivity contribution in [1.29, 1.82) is 0 Å². The quantitative estimate of drug-likeness (QED) is 0.233. The van der Waals surface area contributed by atoms with Gasteiger partial charge in [-0.2, -0.15) is 4.99 Å². The lowest BCUT2D eigenvalue weighted by atomic mass is 10.0. The highest BCUT2D eigenvalue weighted by molar-refractivity contribution is 5.79. The number of rotatable bonds is 15. The van der Waals surface area contributed by atoms with Gasteiger partial charge in [0.25, 0.3) is 0 Å². The molecule has 0 aliphatic carbocycles. The molecule has 0 radical (unpaired) electrons. The van der Waals surface area contributed by atoms with Gasteiger partial charge in [-0.05, 0) is 19.8 Å². The molecule has 0 spiro atoms. The van der Waals surface area contributed by atoms with Crippen molar-refractivity contribution < 1.29 is 14.9 Å². The van der Waals surface area contributed by atoms with Crippen LogP contribution in [-0.2, 0) is 4.74 Å². The zero-order chi connectivity index (χ0) is 18.4. The van der Waals surface area contributed by atoms with E-state index in [0.29, 0.717) is 12.3 Å². The summed E-state index contributed by atoms with van der Waals surface area (Å²) in [5.74, 6) is -1.65. The molecule has 0 aromatic heterocycles. The lowest BCUT2D eigenvalue weighted by Gasteiger charge is -2.14. The number of hydrogen-bond acceptors (Lipinski definition) is 4. The Balaban J connectivity index is 1.85. The molecule has 4 nitrogen and oxygen atoms in total. The van der Waals surface area contributed by atoms with E-state index >= 15 is 0 Å². The van der Waals surface area contributed by atoms with Crippen molar-refractivity contribution in [2.24, 2.45) is 4.99 Å². The molecule has 1 rings (SSSR count). The van der Waals surface area contributed by atoms with Gasteiger partial charge in [-0.25, -0.2) is 0 Å². The van der Waals surface area contributed by atoms with E-state index in [-0.39, 0.29) is 0 Å². The summed E-state index contributed by atoms with van der Waals surface area (Å²) in [5, 5.41) is 19.0. The van der Waals surface area contributed by atoms with Crippen LogP contribution in [0.4, 0.5) is 0 Å². The molecule has 0 saturated carbocycles. The van der Waals surface area contributed by atoms with Crippen LogP contribution in [0.5, 0.6) is 0 Å². The molecule has 1 heterocycles. The van der Waals surface area contributed by atoms with E-state index in [1.807, 2.05) is 6.08 Å². The van der Waals surface area contributed by atoms with Crippen molar-refractivity contribution in [2.75, 3.05) is 0 Å². The second kappa shape index (κ2) is 13.3. The molecule has 1 atom stereocenters. The third-order valence-corrected chi connectivity index (χ3v) is 4.83. The highest BCUT2D eigenvalue weighted by Gasteiger charge is 2.39. The fraction of sp³-hybridized carbons (Fsp3) is 0.857. The van der Waals surface area contributed by atoms with Crippen molar-refractivity contribution in [3.05, 3.63) is 12.2 Å². The summed E-state index contributed by atoms with van der Waals surface area (Å²) in [6, 6.07) is 0. The Labute approximate surface area is 154 Å². The largest absolute Gasteiger partial charge is 0.470 e. The normalized spacial score (nSPS) is 19.4. The van der Waals surface area contributed by atoms with E-state index in [1.54, 1.807) is 6.92 Å². The van der Waals surface area contributed by atoms with Gasteiger partial charge in [-0.15, -0.1) is 0 Å². The van der Waals surface area contributed by atoms with Gasteiger partial charge in [0.2, 0.25) is 0 Å². The fourth-order valence-corrected chi connectivity index (χ4v) is 3.08.